The van der Waals surface area contributed by atoms with Gasteiger partial charge in [0.25, 0.3) is 5.56 Å². The van der Waals surface area contributed by atoms with Crippen molar-refractivity contribution in [1.29, 1.82) is 0 Å². The number of amides is 1. The van der Waals surface area contributed by atoms with E-state index in [0.29, 0.717) is 25.2 Å². The SMILES string of the molecule is O=C(O)NC[C@H]1CN(C[C@@H]2COc3c(F)ccc4ccc(=O)n2c34)C[C@H]1O. The van der Waals surface area contributed by atoms with Crippen molar-refractivity contribution in [1.82, 2.24) is 14.8 Å². The van der Waals surface area contributed by atoms with Crippen LogP contribution in [0.25, 0.3) is 10.9 Å². The second-order valence-electron chi connectivity index (χ2n) is 7.05. The van der Waals surface area contributed by atoms with Gasteiger partial charge in [-0.25, -0.2) is 9.18 Å². The first-order chi connectivity index (χ1) is 12.9. The highest BCUT2D eigenvalue weighted by Crippen LogP contribution is 2.34. The Hall–Kier alpha value is -2.65. The summed E-state index contributed by atoms with van der Waals surface area (Å²) in [5.41, 5.74) is 0.217. The van der Waals surface area contributed by atoms with E-state index in [-0.39, 0.29) is 36.4 Å². The van der Waals surface area contributed by atoms with Crippen LogP contribution in [0.1, 0.15) is 6.04 Å². The largest absolute Gasteiger partial charge is 0.486 e. The second kappa shape index (κ2) is 6.82. The monoisotopic (exact) mass is 377 g/mol. The van der Waals surface area contributed by atoms with Crippen LogP contribution in [0.4, 0.5) is 9.18 Å². The van der Waals surface area contributed by atoms with Crippen LogP contribution in [-0.2, 0) is 0 Å². The van der Waals surface area contributed by atoms with Crippen molar-refractivity contribution in [2.24, 2.45) is 5.92 Å². The standard InChI is InChI=1S/C18H20FN3O5/c19-13-3-1-10-2-4-15(24)22-12(9-27-17(13)16(10)22)7-21-6-11(14(23)8-21)5-20-18(25)26/h1-4,11-12,14,20,23H,5-9H2,(H,25,26)/t11-,12+,14+/m0/s1. The molecule has 0 radical (unpaired) electrons. The number of nitrogens with zero attached hydrogens (tertiary/aromatic N) is 2. The van der Waals surface area contributed by atoms with Crippen LogP contribution in [0.3, 0.4) is 0 Å². The van der Waals surface area contributed by atoms with Crippen molar-refractivity contribution in [3.05, 3.63) is 40.4 Å². The molecule has 1 saturated heterocycles. The van der Waals surface area contributed by atoms with Gasteiger partial charge in [0.1, 0.15) is 6.61 Å². The van der Waals surface area contributed by atoms with E-state index in [4.69, 9.17) is 9.84 Å². The van der Waals surface area contributed by atoms with Gasteiger partial charge in [-0.2, -0.15) is 0 Å². The topological polar surface area (TPSA) is 104 Å². The molecular formula is C18H20FN3O5. The molecule has 3 N–H and O–H groups in total. The molecule has 2 aliphatic heterocycles. The van der Waals surface area contributed by atoms with Gasteiger partial charge in [0, 0.05) is 43.5 Å². The molecule has 1 aromatic heterocycles. The normalized spacial score (nSPS) is 24.7. The number of pyridine rings is 1. The van der Waals surface area contributed by atoms with Gasteiger partial charge in [0.2, 0.25) is 0 Å². The van der Waals surface area contributed by atoms with E-state index in [1.807, 2.05) is 4.90 Å². The first kappa shape index (κ1) is 17.7. The summed E-state index contributed by atoms with van der Waals surface area (Å²) in [4.78, 5) is 25.1. The maximum Gasteiger partial charge on any atom is 0.404 e. The lowest BCUT2D eigenvalue weighted by molar-refractivity contribution is 0.133. The molecule has 27 heavy (non-hydrogen) atoms. The molecule has 8 nitrogen and oxygen atoms in total. The van der Waals surface area contributed by atoms with Crippen LogP contribution >= 0.6 is 0 Å². The minimum absolute atomic E-state index is 0.0893. The van der Waals surface area contributed by atoms with Gasteiger partial charge in [0.15, 0.2) is 11.6 Å². The molecule has 4 rings (SSSR count). The van der Waals surface area contributed by atoms with E-state index in [1.54, 1.807) is 16.7 Å². The molecule has 0 unspecified atom stereocenters. The number of halogens is 1. The summed E-state index contributed by atoms with van der Waals surface area (Å²) >= 11 is 0. The molecule has 0 saturated carbocycles. The quantitative estimate of drug-likeness (QED) is 0.722. The van der Waals surface area contributed by atoms with Gasteiger partial charge in [-0.3, -0.25) is 14.3 Å². The lowest BCUT2D eigenvalue weighted by Gasteiger charge is -2.31. The Balaban J connectivity index is 1.58. The van der Waals surface area contributed by atoms with E-state index >= 15 is 0 Å². The zero-order valence-electron chi connectivity index (χ0n) is 14.5. The fourth-order valence-electron chi connectivity index (χ4n) is 3.99. The Morgan fingerprint density at radius 2 is 2.07 bits per heavy atom. The summed E-state index contributed by atoms with van der Waals surface area (Å²) in [6, 6.07) is 5.72. The third-order valence-electron chi connectivity index (χ3n) is 5.25. The molecule has 3 atom stereocenters. The smallest absolute Gasteiger partial charge is 0.404 e. The van der Waals surface area contributed by atoms with Crippen molar-refractivity contribution < 1.29 is 24.1 Å². The predicted molar refractivity (Wildman–Crippen MR) is 94.7 cm³/mol. The molecule has 0 aliphatic carbocycles. The van der Waals surface area contributed by atoms with Crippen LogP contribution in [0, 0.1) is 11.7 Å². The summed E-state index contributed by atoms with van der Waals surface area (Å²) in [6.45, 7) is 1.63. The number of carbonyl (C=O) groups is 1. The molecule has 1 fully saturated rings. The van der Waals surface area contributed by atoms with Crippen molar-refractivity contribution in [3.63, 3.8) is 0 Å². The van der Waals surface area contributed by atoms with Gasteiger partial charge < -0.3 is 20.3 Å². The van der Waals surface area contributed by atoms with Crippen molar-refractivity contribution in [2.45, 2.75) is 12.1 Å². The third-order valence-corrected chi connectivity index (χ3v) is 5.25. The van der Waals surface area contributed by atoms with Gasteiger partial charge >= 0.3 is 6.09 Å². The summed E-state index contributed by atoms with van der Waals surface area (Å²) in [6.07, 6.45) is -1.78. The molecule has 9 heteroatoms. The Labute approximate surface area is 153 Å². The van der Waals surface area contributed by atoms with E-state index in [9.17, 15) is 19.1 Å². The highest BCUT2D eigenvalue weighted by molar-refractivity contribution is 5.85. The molecule has 2 aromatic rings. The number of aliphatic hydroxyl groups excluding tert-OH is 1. The van der Waals surface area contributed by atoms with E-state index < -0.39 is 18.0 Å². The first-order valence-electron chi connectivity index (χ1n) is 8.78. The fourth-order valence-corrected chi connectivity index (χ4v) is 3.99. The number of ether oxygens (including phenoxy) is 1. The zero-order chi connectivity index (χ0) is 19.1. The summed E-state index contributed by atoms with van der Waals surface area (Å²) in [7, 11) is 0. The zero-order valence-corrected chi connectivity index (χ0v) is 14.5. The van der Waals surface area contributed by atoms with Crippen LogP contribution in [-0.4, -0.2) is 64.7 Å². The fraction of sp³-hybridized carbons (Fsp3) is 0.444. The average Bonchev–Trinajstić information content (AvgIpc) is 2.98. The molecule has 1 aromatic carbocycles. The molecule has 2 aliphatic rings. The minimum Gasteiger partial charge on any atom is -0.486 e. The molecule has 1 amide bonds. The Bertz CT molecular complexity index is 946. The van der Waals surface area contributed by atoms with Gasteiger partial charge in [-0.1, -0.05) is 0 Å². The van der Waals surface area contributed by atoms with Gasteiger partial charge in [-0.15, -0.1) is 0 Å². The van der Waals surface area contributed by atoms with E-state index in [1.165, 1.54) is 12.1 Å². The molecule has 144 valence electrons. The third kappa shape index (κ3) is 3.24. The van der Waals surface area contributed by atoms with Crippen LogP contribution < -0.4 is 15.6 Å². The van der Waals surface area contributed by atoms with Crippen molar-refractivity contribution in [2.75, 3.05) is 32.8 Å². The lowest BCUT2D eigenvalue weighted by atomic mass is 10.1. The van der Waals surface area contributed by atoms with Gasteiger partial charge in [0.05, 0.1) is 17.7 Å². The Morgan fingerprint density at radius 3 is 2.85 bits per heavy atom. The minimum atomic E-state index is -1.13. The summed E-state index contributed by atoms with van der Waals surface area (Å²) < 4.78 is 21.3. The van der Waals surface area contributed by atoms with Crippen molar-refractivity contribution >= 4 is 17.0 Å². The van der Waals surface area contributed by atoms with E-state index in [0.717, 1.165) is 5.39 Å². The summed E-state index contributed by atoms with van der Waals surface area (Å²) in [5.74, 6) is -0.633. The number of hydrogen-bond acceptors (Lipinski definition) is 5. The van der Waals surface area contributed by atoms with Crippen LogP contribution in [0.2, 0.25) is 0 Å². The van der Waals surface area contributed by atoms with Gasteiger partial charge in [-0.05, 0) is 18.2 Å². The number of carboxylic acid groups (broad SMARTS) is 1. The number of rotatable bonds is 4. The highest BCUT2D eigenvalue weighted by atomic mass is 19.1. The molecule has 3 heterocycles. The molecule has 0 bridgehead atoms. The Kier molecular flexibility index (Phi) is 4.48. The first-order valence-corrected chi connectivity index (χ1v) is 8.78. The number of nitrogens with one attached hydrogen (secondary N) is 1. The average molecular weight is 377 g/mol. The van der Waals surface area contributed by atoms with E-state index in [2.05, 4.69) is 5.32 Å². The van der Waals surface area contributed by atoms with Crippen LogP contribution in [0.5, 0.6) is 5.75 Å². The number of aliphatic hydroxyl groups is 1. The number of hydrogen-bond donors (Lipinski definition) is 3. The maximum atomic E-state index is 14.1. The number of benzene rings is 1. The predicted octanol–water partition coefficient (Wildman–Crippen LogP) is 0.634. The molecule has 0 spiro atoms. The Morgan fingerprint density at radius 1 is 1.30 bits per heavy atom. The number of β-amino-alcohol motifs (C(OH)–C–C–N with tert-alkyl or cyclic N) is 1. The molecular weight excluding hydrogens is 357 g/mol. The summed E-state index contributed by atoms with van der Waals surface area (Å²) in [5, 5.41) is 21.9. The number of likely N-dealkylation sites (tertiary alicyclic amines) is 1. The second-order valence-corrected chi connectivity index (χ2v) is 7.05. The highest BCUT2D eigenvalue weighted by Gasteiger charge is 2.34. The van der Waals surface area contributed by atoms with Crippen LogP contribution in [0.15, 0.2) is 29.1 Å². The maximum absolute atomic E-state index is 14.1. The van der Waals surface area contributed by atoms with Crippen molar-refractivity contribution in [3.8, 4) is 5.75 Å². The lowest BCUT2D eigenvalue weighted by Crippen LogP contribution is -2.39. The number of aromatic nitrogens is 1.